The van der Waals surface area contributed by atoms with Crippen molar-refractivity contribution in [3.8, 4) is 5.75 Å². The number of hydrogen-bond donors (Lipinski definition) is 2. The van der Waals surface area contributed by atoms with E-state index >= 15 is 0 Å². The number of para-hydroxylation sites is 1. The molecule has 1 aromatic heterocycles. The summed E-state index contributed by atoms with van der Waals surface area (Å²) < 4.78 is 7.18. The summed E-state index contributed by atoms with van der Waals surface area (Å²) in [6, 6.07) is 7.42. The van der Waals surface area contributed by atoms with E-state index in [-0.39, 0.29) is 6.54 Å². The average molecular weight is 345 g/mol. The number of nitrogens with one attached hydrogen (secondary N) is 1. The smallest absolute Gasteiger partial charge is 0.427 e. The number of hydrogen-bond acceptors (Lipinski definition) is 5. The van der Waals surface area contributed by atoms with Gasteiger partial charge < -0.3 is 9.84 Å². The van der Waals surface area contributed by atoms with E-state index in [1.54, 1.807) is 4.68 Å². The molecule has 1 heterocycles. The largest absolute Gasteiger partial charge is 0.494 e. The lowest BCUT2D eigenvalue weighted by atomic mass is 10.1. The Kier molecular flexibility index (Phi) is 5.37. The van der Waals surface area contributed by atoms with Gasteiger partial charge in [0.15, 0.2) is 5.82 Å². The summed E-state index contributed by atoms with van der Waals surface area (Å²) in [5.74, 6) is 1.78. The SMILES string of the molecule is CCOc1ccccc1CN(Nn1cnnc1C1CCCC1)C(=O)O. The Labute approximate surface area is 146 Å². The summed E-state index contributed by atoms with van der Waals surface area (Å²) in [4.78, 5) is 11.7. The zero-order chi connectivity index (χ0) is 17.6. The maximum Gasteiger partial charge on any atom is 0.427 e. The predicted molar refractivity (Wildman–Crippen MR) is 91.8 cm³/mol. The molecule has 1 aliphatic rings. The lowest BCUT2D eigenvalue weighted by Gasteiger charge is -2.24. The number of carboxylic acid groups (broad SMARTS) is 1. The first-order chi connectivity index (χ1) is 12.2. The van der Waals surface area contributed by atoms with E-state index in [1.165, 1.54) is 19.2 Å². The molecular weight excluding hydrogens is 322 g/mol. The standard InChI is InChI=1S/C17H23N5O3/c1-2-25-15-10-6-5-9-14(15)11-21(17(23)24)20-22-12-18-19-16(22)13-7-3-4-8-13/h5-6,9-10,12-13,20H,2-4,7-8,11H2,1H3,(H,23,24). The Morgan fingerprint density at radius 3 is 2.88 bits per heavy atom. The van der Waals surface area contributed by atoms with Gasteiger partial charge in [-0.25, -0.2) is 20.0 Å². The molecule has 0 unspecified atom stereocenters. The second-order valence-corrected chi connectivity index (χ2v) is 6.05. The van der Waals surface area contributed by atoms with Gasteiger partial charge in [-0.05, 0) is 25.8 Å². The minimum atomic E-state index is -1.09. The second-order valence-electron chi connectivity index (χ2n) is 6.05. The minimum absolute atomic E-state index is 0.147. The quantitative estimate of drug-likeness (QED) is 0.750. The number of benzene rings is 1. The van der Waals surface area contributed by atoms with Crippen LogP contribution >= 0.6 is 0 Å². The fourth-order valence-electron chi connectivity index (χ4n) is 3.16. The number of carbonyl (C=O) groups is 1. The molecule has 1 amide bonds. The van der Waals surface area contributed by atoms with Gasteiger partial charge in [0.25, 0.3) is 0 Å². The Balaban J connectivity index is 1.77. The molecule has 0 atom stereocenters. The molecule has 0 radical (unpaired) electrons. The molecule has 2 N–H and O–H groups in total. The average Bonchev–Trinajstić information content (AvgIpc) is 3.27. The maximum atomic E-state index is 11.7. The highest BCUT2D eigenvalue weighted by Gasteiger charge is 2.24. The van der Waals surface area contributed by atoms with Gasteiger partial charge in [0, 0.05) is 11.5 Å². The van der Waals surface area contributed by atoms with E-state index in [9.17, 15) is 9.90 Å². The van der Waals surface area contributed by atoms with Crippen LogP contribution < -0.4 is 10.3 Å². The number of rotatable bonds is 7. The summed E-state index contributed by atoms with van der Waals surface area (Å²) in [5.41, 5.74) is 3.68. The minimum Gasteiger partial charge on any atom is -0.494 e. The number of hydrazine groups is 1. The van der Waals surface area contributed by atoms with Crippen LogP contribution in [0.4, 0.5) is 4.79 Å². The summed E-state index contributed by atoms with van der Waals surface area (Å²) in [7, 11) is 0. The van der Waals surface area contributed by atoms with Gasteiger partial charge in [-0.15, -0.1) is 10.2 Å². The Bertz CT molecular complexity index is 712. The monoisotopic (exact) mass is 345 g/mol. The zero-order valence-electron chi connectivity index (χ0n) is 14.3. The normalized spacial score (nSPS) is 14.4. The molecule has 1 saturated carbocycles. The van der Waals surface area contributed by atoms with Crippen LogP contribution in [0.15, 0.2) is 30.6 Å². The molecule has 1 fully saturated rings. The van der Waals surface area contributed by atoms with Gasteiger partial charge in [0.2, 0.25) is 0 Å². The third-order valence-electron chi connectivity index (χ3n) is 4.35. The van der Waals surface area contributed by atoms with E-state index in [1.807, 2.05) is 31.2 Å². The van der Waals surface area contributed by atoms with Crippen molar-refractivity contribution < 1.29 is 14.6 Å². The van der Waals surface area contributed by atoms with Crippen LogP contribution in [0.3, 0.4) is 0 Å². The van der Waals surface area contributed by atoms with Gasteiger partial charge in [-0.1, -0.05) is 31.0 Å². The second kappa shape index (κ2) is 7.87. The van der Waals surface area contributed by atoms with Crippen molar-refractivity contribution in [3.05, 3.63) is 42.0 Å². The lowest BCUT2D eigenvalue weighted by molar-refractivity contribution is 0.145. The first-order valence-electron chi connectivity index (χ1n) is 8.56. The molecule has 0 aliphatic heterocycles. The van der Waals surface area contributed by atoms with Gasteiger partial charge in [0.1, 0.15) is 12.1 Å². The fourth-order valence-corrected chi connectivity index (χ4v) is 3.16. The Hall–Kier alpha value is -2.77. The van der Waals surface area contributed by atoms with Gasteiger partial charge >= 0.3 is 6.09 Å². The van der Waals surface area contributed by atoms with Crippen LogP contribution in [0.25, 0.3) is 0 Å². The third-order valence-corrected chi connectivity index (χ3v) is 4.35. The van der Waals surface area contributed by atoms with E-state index < -0.39 is 6.09 Å². The summed E-state index contributed by atoms with van der Waals surface area (Å²) in [6.07, 6.45) is 4.88. The number of ether oxygens (including phenoxy) is 1. The summed E-state index contributed by atoms with van der Waals surface area (Å²) in [6.45, 7) is 2.57. The van der Waals surface area contributed by atoms with Crippen molar-refractivity contribution in [2.75, 3.05) is 12.1 Å². The van der Waals surface area contributed by atoms with Gasteiger partial charge in [-0.3, -0.25) is 0 Å². The van der Waals surface area contributed by atoms with E-state index in [0.29, 0.717) is 18.3 Å². The molecule has 8 nitrogen and oxygen atoms in total. The van der Waals surface area contributed by atoms with Crippen molar-refractivity contribution in [2.45, 2.75) is 45.1 Å². The van der Waals surface area contributed by atoms with Crippen LogP contribution in [0.5, 0.6) is 5.75 Å². The van der Waals surface area contributed by atoms with Crippen molar-refractivity contribution in [1.82, 2.24) is 19.9 Å². The molecule has 2 aromatic rings. The van der Waals surface area contributed by atoms with E-state index in [0.717, 1.165) is 29.2 Å². The molecule has 134 valence electrons. The highest BCUT2D eigenvalue weighted by Crippen LogP contribution is 2.32. The third kappa shape index (κ3) is 4.01. The highest BCUT2D eigenvalue weighted by atomic mass is 16.5. The molecule has 25 heavy (non-hydrogen) atoms. The molecule has 3 rings (SSSR count). The van der Waals surface area contributed by atoms with Gasteiger partial charge in [-0.2, -0.15) is 0 Å². The molecule has 1 aromatic carbocycles. The molecule has 8 heteroatoms. The Morgan fingerprint density at radius 1 is 1.40 bits per heavy atom. The van der Waals surface area contributed by atoms with Crippen molar-refractivity contribution >= 4 is 6.09 Å². The van der Waals surface area contributed by atoms with E-state index in [4.69, 9.17) is 4.74 Å². The van der Waals surface area contributed by atoms with Crippen LogP contribution in [0.2, 0.25) is 0 Å². The molecule has 0 spiro atoms. The fraction of sp³-hybridized carbons (Fsp3) is 0.471. The topological polar surface area (TPSA) is 92.5 Å². The Morgan fingerprint density at radius 2 is 2.16 bits per heavy atom. The molecule has 0 saturated heterocycles. The lowest BCUT2D eigenvalue weighted by Crippen LogP contribution is -2.40. The summed E-state index contributed by atoms with van der Waals surface area (Å²) in [5, 5.41) is 18.8. The number of amides is 1. The molecule has 1 aliphatic carbocycles. The van der Waals surface area contributed by atoms with Crippen molar-refractivity contribution in [3.63, 3.8) is 0 Å². The highest BCUT2D eigenvalue weighted by molar-refractivity contribution is 5.65. The number of aromatic nitrogens is 3. The number of nitrogens with zero attached hydrogens (tertiary/aromatic N) is 4. The van der Waals surface area contributed by atoms with Crippen molar-refractivity contribution in [2.24, 2.45) is 0 Å². The molecule has 0 bridgehead atoms. The van der Waals surface area contributed by atoms with Crippen LogP contribution in [0, 0.1) is 0 Å². The summed E-state index contributed by atoms with van der Waals surface area (Å²) >= 11 is 0. The first kappa shape index (κ1) is 17.1. The molecular formula is C17H23N5O3. The maximum absolute atomic E-state index is 11.7. The van der Waals surface area contributed by atoms with E-state index in [2.05, 4.69) is 15.7 Å². The van der Waals surface area contributed by atoms with Crippen LogP contribution in [-0.4, -0.2) is 37.7 Å². The predicted octanol–water partition coefficient (Wildman–Crippen LogP) is 2.97. The van der Waals surface area contributed by atoms with Crippen LogP contribution in [0.1, 0.15) is 49.9 Å². The van der Waals surface area contributed by atoms with Crippen LogP contribution in [-0.2, 0) is 6.54 Å². The van der Waals surface area contributed by atoms with Crippen molar-refractivity contribution in [1.29, 1.82) is 0 Å². The first-order valence-corrected chi connectivity index (χ1v) is 8.56. The zero-order valence-corrected chi connectivity index (χ0v) is 14.3. The van der Waals surface area contributed by atoms with Gasteiger partial charge in [0.05, 0.1) is 13.2 Å².